The summed E-state index contributed by atoms with van der Waals surface area (Å²) in [5.41, 5.74) is 5.74. The molecular formula is C29H30N2O3. The minimum absolute atomic E-state index is 0.114. The number of aryl methyl sites for hydroxylation is 1. The molecule has 0 spiro atoms. The summed E-state index contributed by atoms with van der Waals surface area (Å²) >= 11 is 0. The zero-order valence-electron chi connectivity index (χ0n) is 19.7. The Kier molecular flexibility index (Phi) is 6.35. The summed E-state index contributed by atoms with van der Waals surface area (Å²) in [6.45, 7) is 2.03. The molecule has 0 bridgehead atoms. The van der Waals surface area contributed by atoms with Gasteiger partial charge in [0.2, 0.25) is 5.91 Å². The molecule has 1 heterocycles. The van der Waals surface area contributed by atoms with Gasteiger partial charge >= 0.3 is 0 Å². The Bertz CT molecular complexity index is 1200. The molecule has 0 radical (unpaired) electrons. The van der Waals surface area contributed by atoms with Crippen LogP contribution < -0.4 is 14.8 Å². The first-order chi connectivity index (χ1) is 16.6. The van der Waals surface area contributed by atoms with Crippen molar-refractivity contribution in [3.8, 4) is 11.5 Å². The van der Waals surface area contributed by atoms with Gasteiger partial charge in [0.1, 0.15) is 6.04 Å². The van der Waals surface area contributed by atoms with Gasteiger partial charge in [0.05, 0.1) is 18.9 Å². The van der Waals surface area contributed by atoms with E-state index in [1.54, 1.807) is 7.11 Å². The summed E-state index contributed by atoms with van der Waals surface area (Å²) in [4.78, 5) is 18.2. The Morgan fingerprint density at radius 3 is 2.41 bits per heavy atom. The molecule has 3 aromatic rings. The lowest BCUT2D eigenvalue weighted by Gasteiger charge is -2.26. The van der Waals surface area contributed by atoms with Crippen LogP contribution in [0.15, 0.2) is 71.7 Å². The molecule has 1 atom stereocenters. The first-order valence-electron chi connectivity index (χ1n) is 12.0. The molecule has 2 aliphatic rings. The lowest BCUT2D eigenvalue weighted by Crippen LogP contribution is -2.33. The minimum atomic E-state index is -0.531. The number of carbonyl (C=O) groups excluding carboxylic acids is 1. The number of anilines is 1. The maximum atomic E-state index is 13.3. The summed E-state index contributed by atoms with van der Waals surface area (Å²) in [6.07, 6.45) is 5.26. The summed E-state index contributed by atoms with van der Waals surface area (Å²) in [7, 11) is 1.67. The van der Waals surface area contributed by atoms with E-state index in [0.717, 1.165) is 52.2 Å². The van der Waals surface area contributed by atoms with Crippen LogP contribution in [0.4, 0.5) is 5.69 Å². The molecule has 1 aliphatic carbocycles. The molecule has 3 aromatic carbocycles. The number of hydrogen-bond donors (Lipinski definition) is 1. The van der Waals surface area contributed by atoms with Gasteiger partial charge in [-0.05, 0) is 62.4 Å². The Balaban J connectivity index is 1.51. The van der Waals surface area contributed by atoms with Crippen molar-refractivity contribution in [3.05, 3.63) is 89.0 Å². The highest BCUT2D eigenvalue weighted by Crippen LogP contribution is 2.37. The highest BCUT2D eigenvalue weighted by Gasteiger charge is 2.29. The van der Waals surface area contributed by atoms with Crippen molar-refractivity contribution in [1.82, 2.24) is 0 Å². The first kappa shape index (κ1) is 22.2. The standard InChI is InChI=1S/C29H30N2O3/c1-19-12-14-22(15-13-19)30-29(32)25-16-21-17-27(34-23-10-6-7-11-23)26(33-2)18-24(21)28(31-25)20-8-4-3-5-9-20/h3-5,8-9,12-15,17-18,23,25H,6-7,10-11,16H2,1-2H3,(H,30,32). The number of rotatable bonds is 6. The molecule has 1 saturated carbocycles. The van der Waals surface area contributed by atoms with Gasteiger partial charge in [-0.1, -0.05) is 48.0 Å². The molecule has 1 aliphatic heterocycles. The van der Waals surface area contributed by atoms with Crippen LogP contribution in [0.25, 0.3) is 0 Å². The van der Waals surface area contributed by atoms with Gasteiger partial charge in [-0.15, -0.1) is 0 Å². The number of ether oxygens (including phenoxy) is 2. The van der Waals surface area contributed by atoms with Crippen molar-refractivity contribution in [2.24, 2.45) is 4.99 Å². The van der Waals surface area contributed by atoms with E-state index in [9.17, 15) is 4.79 Å². The largest absolute Gasteiger partial charge is 0.493 e. The van der Waals surface area contributed by atoms with Crippen molar-refractivity contribution >= 4 is 17.3 Å². The molecule has 1 N–H and O–H groups in total. The van der Waals surface area contributed by atoms with E-state index in [0.29, 0.717) is 12.2 Å². The van der Waals surface area contributed by atoms with Crippen molar-refractivity contribution < 1.29 is 14.3 Å². The second-order valence-electron chi connectivity index (χ2n) is 9.10. The molecule has 34 heavy (non-hydrogen) atoms. The second-order valence-corrected chi connectivity index (χ2v) is 9.10. The van der Waals surface area contributed by atoms with E-state index in [1.807, 2.05) is 67.6 Å². The number of methoxy groups -OCH3 is 1. The third-order valence-electron chi connectivity index (χ3n) is 6.61. The number of carbonyl (C=O) groups is 1. The molecular weight excluding hydrogens is 424 g/mol. The molecule has 0 aromatic heterocycles. The van der Waals surface area contributed by atoms with Gasteiger partial charge in [0.15, 0.2) is 11.5 Å². The fourth-order valence-corrected chi connectivity index (χ4v) is 4.75. The van der Waals surface area contributed by atoms with Crippen LogP contribution in [0, 0.1) is 6.92 Å². The van der Waals surface area contributed by atoms with Crippen molar-refractivity contribution in [2.45, 2.75) is 51.2 Å². The van der Waals surface area contributed by atoms with Crippen LogP contribution in [0.1, 0.15) is 47.9 Å². The zero-order chi connectivity index (χ0) is 23.5. The fourth-order valence-electron chi connectivity index (χ4n) is 4.75. The third kappa shape index (κ3) is 4.69. The number of hydrogen-bond acceptors (Lipinski definition) is 4. The fraction of sp³-hybridized carbons (Fsp3) is 0.310. The molecule has 5 nitrogen and oxygen atoms in total. The van der Waals surface area contributed by atoms with Gasteiger partial charge in [0.25, 0.3) is 0 Å². The molecule has 1 unspecified atom stereocenters. The summed E-state index contributed by atoms with van der Waals surface area (Å²) in [5.74, 6) is 1.34. The number of nitrogens with zero attached hydrogens (tertiary/aromatic N) is 1. The van der Waals surface area contributed by atoms with Gasteiger partial charge in [0, 0.05) is 23.2 Å². The van der Waals surface area contributed by atoms with Crippen LogP contribution in [-0.2, 0) is 11.2 Å². The van der Waals surface area contributed by atoms with Crippen molar-refractivity contribution in [1.29, 1.82) is 0 Å². The molecule has 0 saturated heterocycles. The van der Waals surface area contributed by atoms with E-state index < -0.39 is 6.04 Å². The lowest BCUT2D eigenvalue weighted by molar-refractivity contribution is -0.117. The Hall–Kier alpha value is -3.60. The predicted molar refractivity (Wildman–Crippen MR) is 135 cm³/mol. The van der Waals surface area contributed by atoms with Gasteiger partial charge in [-0.3, -0.25) is 9.79 Å². The van der Waals surface area contributed by atoms with Crippen molar-refractivity contribution in [2.75, 3.05) is 12.4 Å². The van der Waals surface area contributed by atoms with Crippen molar-refractivity contribution in [3.63, 3.8) is 0 Å². The Morgan fingerprint density at radius 2 is 1.71 bits per heavy atom. The zero-order valence-corrected chi connectivity index (χ0v) is 19.7. The van der Waals surface area contributed by atoms with E-state index in [-0.39, 0.29) is 12.0 Å². The van der Waals surface area contributed by atoms with E-state index in [4.69, 9.17) is 14.5 Å². The maximum absolute atomic E-state index is 13.3. The van der Waals surface area contributed by atoms with E-state index in [1.165, 1.54) is 12.8 Å². The van der Waals surface area contributed by atoms with Gasteiger partial charge in [-0.25, -0.2) is 0 Å². The maximum Gasteiger partial charge on any atom is 0.249 e. The number of benzene rings is 3. The van der Waals surface area contributed by atoms with Crippen LogP contribution >= 0.6 is 0 Å². The molecule has 1 fully saturated rings. The topological polar surface area (TPSA) is 59.9 Å². The SMILES string of the molecule is COc1cc2c(cc1OC1CCCC1)CC(C(=O)Nc1ccc(C)cc1)N=C2c1ccccc1. The van der Waals surface area contributed by atoms with E-state index in [2.05, 4.69) is 11.4 Å². The van der Waals surface area contributed by atoms with E-state index >= 15 is 0 Å². The number of amides is 1. The minimum Gasteiger partial charge on any atom is -0.493 e. The third-order valence-corrected chi connectivity index (χ3v) is 6.61. The first-order valence-corrected chi connectivity index (χ1v) is 12.0. The highest BCUT2D eigenvalue weighted by molar-refractivity contribution is 6.16. The average molecular weight is 455 g/mol. The number of aliphatic imine (C=N–C) groups is 1. The molecule has 5 heteroatoms. The molecule has 1 amide bonds. The molecule has 174 valence electrons. The van der Waals surface area contributed by atoms with Crippen LogP contribution in [0.5, 0.6) is 11.5 Å². The monoisotopic (exact) mass is 454 g/mol. The van der Waals surface area contributed by atoms with Gasteiger partial charge < -0.3 is 14.8 Å². The highest BCUT2D eigenvalue weighted by atomic mass is 16.5. The smallest absolute Gasteiger partial charge is 0.249 e. The Morgan fingerprint density at radius 1 is 0.971 bits per heavy atom. The van der Waals surface area contributed by atoms with Crippen LogP contribution in [0.2, 0.25) is 0 Å². The average Bonchev–Trinajstić information content (AvgIpc) is 3.38. The predicted octanol–water partition coefficient (Wildman–Crippen LogP) is 5.73. The number of fused-ring (bicyclic) bond motifs is 1. The van der Waals surface area contributed by atoms with Crippen LogP contribution in [-0.4, -0.2) is 30.9 Å². The Labute approximate surface area is 200 Å². The summed E-state index contributed by atoms with van der Waals surface area (Å²) in [6, 6.07) is 21.4. The normalized spacial score (nSPS) is 17.6. The number of nitrogens with one attached hydrogen (secondary N) is 1. The van der Waals surface area contributed by atoms with Gasteiger partial charge in [-0.2, -0.15) is 0 Å². The van der Waals surface area contributed by atoms with Crippen LogP contribution in [0.3, 0.4) is 0 Å². The summed E-state index contributed by atoms with van der Waals surface area (Å²) < 4.78 is 12.1. The molecule has 5 rings (SSSR count). The summed E-state index contributed by atoms with van der Waals surface area (Å²) in [5, 5.41) is 3.04. The lowest BCUT2D eigenvalue weighted by atomic mass is 9.89. The second kappa shape index (κ2) is 9.72. The quantitative estimate of drug-likeness (QED) is 0.518.